The molecule has 0 aliphatic carbocycles. The lowest BCUT2D eigenvalue weighted by atomic mass is 10.4. The average Bonchev–Trinajstić information content (AvgIpc) is 2.53. The van der Waals surface area contributed by atoms with Crippen LogP contribution in [0.2, 0.25) is 0 Å². The van der Waals surface area contributed by atoms with E-state index in [1.807, 2.05) is 6.26 Å². The van der Waals surface area contributed by atoms with Gasteiger partial charge in [-0.2, -0.15) is 0 Å². The Morgan fingerprint density at radius 2 is 2.55 bits per heavy atom. The Morgan fingerprint density at radius 3 is 3.18 bits per heavy atom. The molecule has 1 amide bonds. The molecule has 1 aliphatic heterocycles. The van der Waals surface area contributed by atoms with Crippen LogP contribution in [0.3, 0.4) is 0 Å². The highest BCUT2D eigenvalue weighted by Gasteiger charge is 2.23. The van der Waals surface area contributed by atoms with Gasteiger partial charge in [0.1, 0.15) is 4.88 Å². The lowest BCUT2D eigenvalue weighted by Gasteiger charge is -1.88. The van der Waals surface area contributed by atoms with Gasteiger partial charge in [0.05, 0.1) is 12.2 Å². The molecule has 0 bridgehead atoms. The molecule has 0 saturated heterocycles. The fourth-order valence-corrected chi connectivity index (χ4v) is 2.47. The average molecular weight is 186 g/mol. The molecule has 58 valence electrons. The van der Waals surface area contributed by atoms with Gasteiger partial charge in [-0.05, 0) is 6.26 Å². The van der Waals surface area contributed by atoms with Crippen LogP contribution in [-0.2, 0) is 6.54 Å². The zero-order valence-electron chi connectivity index (χ0n) is 5.88. The van der Waals surface area contributed by atoms with Crippen molar-refractivity contribution in [1.29, 1.82) is 0 Å². The van der Waals surface area contributed by atoms with Crippen LogP contribution in [0.25, 0.3) is 0 Å². The van der Waals surface area contributed by atoms with Crippen molar-refractivity contribution in [2.45, 2.75) is 10.9 Å². The van der Waals surface area contributed by atoms with Crippen molar-refractivity contribution < 1.29 is 4.79 Å². The monoisotopic (exact) mass is 186 g/mol. The molecule has 0 spiro atoms. The minimum atomic E-state index is 0.0257. The number of hydrogen-bond acceptors (Lipinski definition) is 4. The first-order valence-corrected chi connectivity index (χ1v) is 5.17. The van der Waals surface area contributed by atoms with E-state index < -0.39 is 0 Å². The van der Waals surface area contributed by atoms with Crippen LogP contribution in [0.4, 0.5) is 0 Å². The molecule has 0 aromatic carbocycles. The number of carbonyl (C=O) groups is 1. The number of amides is 1. The summed E-state index contributed by atoms with van der Waals surface area (Å²) in [4.78, 5) is 16.1. The van der Waals surface area contributed by atoms with Gasteiger partial charge in [-0.15, -0.1) is 11.3 Å². The van der Waals surface area contributed by atoms with Gasteiger partial charge >= 0.3 is 0 Å². The predicted molar refractivity (Wildman–Crippen MR) is 45.1 cm³/mol. The smallest absolute Gasteiger partial charge is 0.263 e. The summed E-state index contributed by atoms with van der Waals surface area (Å²) in [5.41, 5.74) is 0.907. The summed E-state index contributed by atoms with van der Waals surface area (Å²) < 4.78 is 0.977. The van der Waals surface area contributed by atoms with Gasteiger partial charge in [0, 0.05) is 0 Å². The summed E-state index contributed by atoms with van der Waals surface area (Å²) in [6.07, 6.45) is 1.96. The summed E-state index contributed by atoms with van der Waals surface area (Å²) in [5.74, 6) is 0.0257. The number of hydrogen-bond donors (Lipinski definition) is 1. The van der Waals surface area contributed by atoms with Crippen molar-refractivity contribution in [1.82, 2.24) is 10.3 Å². The molecule has 1 aromatic heterocycles. The van der Waals surface area contributed by atoms with Crippen molar-refractivity contribution >= 4 is 29.0 Å². The normalized spacial score (nSPS) is 14.8. The second kappa shape index (κ2) is 2.49. The molecule has 3 nitrogen and oxygen atoms in total. The van der Waals surface area contributed by atoms with Gasteiger partial charge in [-0.3, -0.25) is 4.79 Å². The van der Waals surface area contributed by atoms with Gasteiger partial charge in [-0.1, -0.05) is 11.8 Å². The maximum absolute atomic E-state index is 11.0. The molecule has 0 atom stereocenters. The van der Waals surface area contributed by atoms with Gasteiger partial charge in [0.25, 0.3) is 5.91 Å². The summed E-state index contributed by atoms with van der Waals surface area (Å²) in [6, 6.07) is 0. The number of nitrogens with zero attached hydrogens (tertiary/aromatic N) is 1. The quantitative estimate of drug-likeness (QED) is 0.668. The van der Waals surface area contributed by atoms with Gasteiger partial charge in [-0.25, -0.2) is 4.98 Å². The highest BCUT2D eigenvalue weighted by Crippen LogP contribution is 2.28. The highest BCUT2D eigenvalue weighted by molar-refractivity contribution is 8.00. The van der Waals surface area contributed by atoms with E-state index in [9.17, 15) is 4.79 Å². The van der Waals surface area contributed by atoms with Crippen LogP contribution in [0.1, 0.15) is 15.4 Å². The molecule has 0 fully saturated rings. The zero-order chi connectivity index (χ0) is 7.84. The predicted octanol–water partition coefficient (Wildman–Crippen LogP) is 1.11. The van der Waals surface area contributed by atoms with Crippen molar-refractivity contribution in [3.05, 3.63) is 10.6 Å². The Kier molecular flexibility index (Phi) is 1.61. The Bertz CT molecular complexity index is 308. The third kappa shape index (κ3) is 1.04. The maximum atomic E-state index is 11.0. The molecule has 1 aliphatic rings. The molecule has 0 unspecified atom stereocenters. The Hall–Kier alpha value is -0.550. The summed E-state index contributed by atoms with van der Waals surface area (Å²) in [6.45, 7) is 0.602. The molecular weight excluding hydrogens is 180 g/mol. The van der Waals surface area contributed by atoms with E-state index in [2.05, 4.69) is 10.3 Å². The van der Waals surface area contributed by atoms with Crippen LogP contribution in [0.15, 0.2) is 4.34 Å². The second-order valence-corrected chi connectivity index (χ2v) is 4.19. The molecule has 5 heteroatoms. The molecule has 1 N–H and O–H groups in total. The summed E-state index contributed by atoms with van der Waals surface area (Å²) >= 11 is 3.05. The third-order valence-electron chi connectivity index (χ3n) is 1.47. The van der Waals surface area contributed by atoms with Crippen LogP contribution in [0, 0.1) is 0 Å². The van der Waals surface area contributed by atoms with Crippen LogP contribution >= 0.6 is 23.1 Å². The number of thiazole rings is 1. The number of rotatable bonds is 1. The third-order valence-corrected chi connectivity index (χ3v) is 3.56. The first-order valence-electron chi connectivity index (χ1n) is 3.13. The molecule has 2 heterocycles. The number of carbonyl (C=O) groups excluding carboxylic acids is 1. The topological polar surface area (TPSA) is 42.0 Å². The molecule has 11 heavy (non-hydrogen) atoms. The number of fused-ring (bicyclic) bond motifs is 1. The largest absolute Gasteiger partial charge is 0.346 e. The lowest BCUT2D eigenvalue weighted by molar-refractivity contribution is 0.0969. The van der Waals surface area contributed by atoms with Crippen molar-refractivity contribution in [2.75, 3.05) is 6.26 Å². The van der Waals surface area contributed by atoms with Crippen LogP contribution in [-0.4, -0.2) is 17.1 Å². The van der Waals surface area contributed by atoms with E-state index in [0.29, 0.717) is 6.54 Å². The standard InChI is InChI=1S/C6H6N2OS2/c1-10-6-8-3-2-7-5(9)4(3)11-6/h2H2,1H3,(H,7,9). The van der Waals surface area contributed by atoms with E-state index in [1.165, 1.54) is 11.3 Å². The minimum Gasteiger partial charge on any atom is -0.346 e. The Labute approximate surface area is 72.2 Å². The fourth-order valence-electron chi connectivity index (χ4n) is 0.959. The van der Waals surface area contributed by atoms with Crippen LogP contribution in [0.5, 0.6) is 0 Å². The van der Waals surface area contributed by atoms with Crippen molar-refractivity contribution in [2.24, 2.45) is 0 Å². The fraction of sp³-hybridized carbons (Fsp3) is 0.333. The molecular formula is C6H6N2OS2. The molecule has 2 rings (SSSR count). The summed E-state index contributed by atoms with van der Waals surface area (Å²) in [7, 11) is 0. The minimum absolute atomic E-state index is 0.0257. The van der Waals surface area contributed by atoms with E-state index in [0.717, 1.165) is 14.9 Å². The second-order valence-electron chi connectivity index (χ2n) is 2.14. The first-order chi connectivity index (χ1) is 5.31. The highest BCUT2D eigenvalue weighted by atomic mass is 32.2. The summed E-state index contributed by atoms with van der Waals surface area (Å²) in [5, 5.41) is 2.72. The molecule has 0 saturated carbocycles. The zero-order valence-corrected chi connectivity index (χ0v) is 7.51. The van der Waals surface area contributed by atoms with E-state index in [1.54, 1.807) is 11.8 Å². The van der Waals surface area contributed by atoms with Crippen molar-refractivity contribution in [3.63, 3.8) is 0 Å². The van der Waals surface area contributed by atoms with Crippen LogP contribution < -0.4 is 5.32 Å². The van der Waals surface area contributed by atoms with E-state index in [-0.39, 0.29) is 5.91 Å². The molecule has 0 radical (unpaired) electrons. The number of thioether (sulfide) groups is 1. The van der Waals surface area contributed by atoms with Gasteiger partial charge in [0.15, 0.2) is 4.34 Å². The SMILES string of the molecule is CSc1nc2c(s1)C(=O)NC2. The van der Waals surface area contributed by atoms with E-state index in [4.69, 9.17) is 0 Å². The van der Waals surface area contributed by atoms with E-state index >= 15 is 0 Å². The van der Waals surface area contributed by atoms with Gasteiger partial charge in [0.2, 0.25) is 0 Å². The maximum Gasteiger partial charge on any atom is 0.263 e. The first kappa shape index (κ1) is 7.12. The number of nitrogens with one attached hydrogen (secondary N) is 1. The Morgan fingerprint density at radius 1 is 1.73 bits per heavy atom. The van der Waals surface area contributed by atoms with Gasteiger partial charge < -0.3 is 5.32 Å². The Balaban J connectivity index is 2.46. The number of aromatic nitrogens is 1. The molecule has 1 aromatic rings. The lowest BCUT2D eigenvalue weighted by Crippen LogP contribution is -2.12. The van der Waals surface area contributed by atoms with Crippen molar-refractivity contribution in [3.8, 4) is 0 Å².